The highest BCUT2D eigenvalue weighted by Gasteiger charge is 2.54. The molecule has 0 unspecified atom stereocenters. The van der Waals surface area contributed by atoms with E-state index in [0.29, 0.717) is 23.0 Å². The Morgan fingerprint density at radius 2 is 1.79 bits per heavy atom. The highest BCUT2D eigenvalue weighted by atomic mass is 16.4. The van der Waals surface area contributed by atoms with Crippen LogP contribution in [-0.2, 0) is 0 Å². The molecule has 34 heavy (non-hydrogen) atoms. The fourth-order valence-corrected chi connectivity index (χ4v) is 8.30. The van der Waals surface area contributed by atoms with Crippen molar-refractivity contribution < 1.29 is 9.90 Å². The number of hydrogen-bond acceptors (Lipinski definition) is 4. The fourth-order valence-electron chi connectivity index (χ4n) is 8.30. The van der Waals surface area contributed by atoms with Gasteiger partial charge in [0.15, 0.2) is 0 Å². The van der Waals surface area contributed by atoms with Gasteiger partial charge in [0.1, 0.15) is 0 Å². The van der Waals surface area contributed by atoms with E-state index in [1.807, 2.05) is 24.3 Å². The number of hydrogen-bond donors (Lipinski definition) is 1. The molecule has 2 aromatic rings. The molecule has 3 saturated carbocycles. The van der Waals surface area contributed by atoms with Crippen LogP contribution in [0.3, 0.4) is 0 Å². The lowest BCUT2D eigenvalue weighted by Crippen LogP contribution is -2.55. The molecule has 4 bridgehead atoms. The first-order valence-electron chi connectivity index (χ1n) is 13.3. The lowest BCUT2D eigenvalue weighted by atomic mass is 9.45. The number of carbonyl (C=O) groups is 1. The fraction of sp³-hybridized carbons (Fsp3) is 0.679. The Hall–Kier alpha value is -2.21. The van der Waals surface area contributed by atoms with Crippen LogP contribution in [0.5, 0.6) is 0 Å². The summed E-state index contributed by atoms with van der Waals surface area (Å²) in [7, 11) is 0. The number of fused-ring (bicyclic) bond motifs is 5. The Morgan fingerprint density at radius 3 is 2.47 bits per heavy atom. The van der Waals surface area contributed by atoms with E-state index in [1.54, 1.807) is 4.57 Å². The molecule has 1 aromatic heterocycles. The van der Waals surface area contributed by atoms with Crippen molar-refractivity contribution in [3.05, 3.63) is 40.3 Å². The third-order valence-electron chi connectivity index (χ3n) is 10.2. The molecule has 1 aromatic carbocycles. The molecule has 182 valence electrons. The van der Waals surface area contributed by atoms with Crippen molar-refractivity contribution in [3.63, 3.8) is 0 Å². The van der Waals surface area contributed by atoms with Crippen molar-refractivity contribution in [2.24, 2.45) is 23.2 Å². The number of para-hydroxylation sites is 2. The van der Waals surface area contributed by atoms with E-state index in [0.717, 1.165) is 36.1 Å². The van der Waals surface area contributed by atoms with Gasteiger partial charge in [-0.2, -0.15) is 0 Å². The molecule has 2 saturated heterocycles. The molecule has 0 spiro atoms. The van der Waals surface area contributed by atoms with Crippen molar-refractivity contribution >= 4 is 17.0 Å². The average Bonchev–Trinajstić information content (AvgIpc) is 2.81. The topological polar surface area (TPSA) is 75.4 Å². The second-order valence-electron chi connectivity index (χ2n) is 12.0. The lowest BCUT2D eigenvalue weighted by molar-refractivity contribution is -0.111. The molecule has 6 nitrogen and oxygen atoms in total. The predicted molar refractivity (Wildman–Crippen MR) is 132 cm³/mol. The van der Waals surface area contributed by atoms with Gasteiger partial charge in [0.05, 0.1) is 11.0 Å². The van der Waals surface area contributed by atoms with Gasteiger partial charge in [0, 0.05) is 18.1 Å². The lowest BCUT2D eigenvalue weighted by Gasteiger charge is -2.60. The van der Waals surface area contributed by atoms with Crippen molar-refractivity contribution in [1.82, 2.24) is 14.5 Å². The molecule has 5 fully saturated rings. The third kappa shape index (κ3) is 3.43. The van der Waals surface area contributed by atoms with Crippen molar-refractivity contribution in [2.75, 3.05) is 6.54 Å². The summed E-state index contributed by atoms with van der Waals surface area (Å²) in [6, 6.07) is 8.48. The summed E-state index contributed by atoms with van der Waals surface area (Å²) in [6.07, 6.45) is 11.0. The maximum absolute atomic E-state index is 13.3. The van der Waals surface area contributed by atoms with E-state index >= 15 is 0 Å². The van der Waals surface area contributed by atoms with E-state index in [1.165, 1.54) is 51.5 Å². The van der Waals surface area contributed by atoms with Gasteiger partial charge in [0.25, 0.3) is 5.56 Å². The molecule has 5 aliphatic rings. The van der Waals surface area contributed by atoms with Crippen LogP contribution < -0.4 is 5.56 Å². The van der Waals surface area contributed by atoms with E-state index in [4.69, 9.17) is 0 Å². The maximum Gasteiger partial charge on any atom is 0.360 e. The Morgan fingerprint density at radius 1 is 1.06 bits per heavy atom. The van der Waals surface area contributed by atoms with Crippen molar-refractivity contribution in [3.8, 4) is 0 Å². The summed E-state index contributed by atoms with van der Waals surface area (Å²) in [5.41, 5.74) is 1.08. The van der Waals surface area contributed by atoms with Gasteiger partial charge >= 0.3 is 5.97 Å². The molecule has 3 heterocycles. The van der Waals surface area contributed by atoms with E-state index in [2.05, 4.69) is 23.7 Å². The van der Waals surface area contributed by atoms with Gasteiger partial charge in [-0.3, -0.25) is 9.69 Å². The third-order valence-corrected chi connectivity index (χ3v) is 10.2. The summed E-state index contributed by atoms with van der Waals surface area (Å²) >= 11 is 0. The van der Waals surface area contributed by atoms with E-state index in [-0.39, 0.29) is 11.7 Å². The molecule has 2 aliphatic heterocycles. The highest BCUT2D eigenvalue weighted by Crippen LogP contribution is 2.62. The quantitative estimate of drug-likeness (QED) is 0.666. The number of aromatic nitrogens is 2. The summed E-state index contributed by atoms with van der Waals surface area (Å²) < 4.78 is 1.77. The number of aromatic carboxylic acids is 1. The molecule has 3 aliphatic carbocycles. The van der Waals surface area contributed by atoms with Crippen LogP contribution in [0.15, 0.2) is 29.1 Å². The van der Waals surface area contributed by atoms with Crippen LogP contribution in [-0.4, -0.2) is 44.2 Å². The highest BCUT2D eigenvalue weighted by molar-refractivity contribution is 5.88. The number of carboxylic acid groups (broad SMARTS) is 1. The van der Waals surface area contributed by atoms with E-state index in [9.17, 15) is 14.7 Å². The van der Waals surface area contributed by atoms with Gasteiger partial charge in [-0.05, 0) is 93.2 Å². The van der Waals surface area contributed by atoms with Crippen LogP contribution in [0.4, 0.5) is 0 Å². The Bertz CT molecular complexity index is 1160. The molecule has 1 N–H and O–H groups in total. The number of carboxylic acids is 1. The first-order valence-corrected chi connectivity index (χ1v) is 13.3. The standard InChI is InChI=1S/C28H37N3O3/c1-28(2)18-11-10-17(22(28)14-18)12-13-30-19-6-5-7-20(30)16-21(15-19)31-24-9-4-3-8-23(24)29-25(26(31)32)27(33)34/h3-4,8-9,17-22H,5-7,10-16H2,1-2H3,(H,33,34)/t17-,18-,19-,20+,21+,22-/m0/s1. The van der Waals surface area contributed by atoms with Crippen LogP contribution in [0.25, 0.3) is 11.0 Å². The van der Waals surface area contributed by atoms with Crippen LogP contribution in [0.2, 0.25) is 0 Å². The summed E-state index contributed by atoms with van der Waals surface area (Å²) in [4.78, 5) is 32.0. The van der Waals surface area contributed by atoms with Gasteiger partial charge in [-0.1, -0.05) is 32.4 Å². The molecule has 6 atom stereocenters. The molecular formula is C28H37N3O3. The zero-order valence-corrected chi connectivity index (χ0v) is 20.4. The van der Waals surface area contributed by atoms with Gasteiger partial charge in [-0.25, -0.2) is 9.78 Å². The number of piperidine rings is 2. The Kier molecular flexibility index (Phi) is 5.36. The number of nitrogens with zero attached hydrogens (tertiary/aromatic N) is 3. The normalized spacial score (nSPS) is 34.5. The number of benzene rings is 1. The molecule has 6 heteroatoms. The number of rotatable bonds is 5. The van der Waals surface area contributed by atoms with Crippen LogP contribution in [0, 0.1) is 23.2 Å². The molecular weight excluding hydrogens is 426 g/mol. The summed E-state index contributed by atoms with van der Waals surface area (Å²) in [5.74, 6) is 1.48. The zero-order chi connectivity index (χ0) is 23.6. The Balaban J connectivity index is 1.24. The Labute approximate surface area is 201 Å². The van der Waals surface area contributed by atoms with Gasteiger partial charge in [-0.15, -0.1) is 0 Å². The second-order valence-corrected chi connectivity index (χ2v) is 12.0. The predicted octanol–water partition coefficient (Wildman–Crippen LogP) is 5.12. The van der Waals surface area contributed by atoms with Crippen molar-refractivity contribution in [2.45, 2.75) is 89.8 Å². The minimum atomic E-state index is -1.24. The van der Waals surface area contributed by atoms with Crippen LogP contribution >= 0.6 is 0 Å². The minimum Gasteiger partial charge on any atom is -0.476 e. The molecule has 7 rings (SSSR count). The van der Waals surface area contributed by atoms with Crippen molar-refractivity contribution in [1.29, 1.82) is 0 Å². The SMILES string of the molecule is CC1(C)[C@H]2CC[C@@H](CCN3[C@@H]4CCC[C@H]3C[C@@H](n3c(=O)c(C(=O)O)nc5ccccc53)C4)[C@@H]1C2. The monoisotopic (exact) mass is 463 g/mol. The van der Waals surface area contributed by atoms with E-state index < -0.39 is 11.5 Å². The summed E-state index contributed by atoms with van der Waals surface area (Å²) in [5, 5.41) is 9.62. The second kappa shape index (κ2) is 8.18. The smallest absolute Gasteiger partial charge is 0.360 e. The summed E-state index contributed by atoms with van der Waals surface area (Å²) in [6.45, 7) is 6.15. The molecule has 0 amide bonds. The first-order chi connectivity index (χ1) is 16.3. The van der Waals surface area contributed by atoms with Gasteiger partial charge < -0.3 is 9.67 Å². The average molecular weight is 464 g/mol. The van der Waals surface area contributed by atoms with Gasteiger partial charge in [0.2, 0.25) is 5.69 Å². The molecule has 0 radical (unpaired) electrons. The largest absolute Gasteiger partial charge is 0.476 e. The maximum atomic E-state index is 13.3. The first kappa shape index (κ1) is 22.3. The van der Waals surface area contributed by atoms with Crippen LogP contribution in [0.1, 0.15) is 88.2 Å². The minimum absolute atomic E-state index is 0.0334. The zero-order valence-electron chi connectivity index (χ0n) is 20.4.